The van der Waals surface area contributed by atoms with Crippen LogP contribution in [0.15, 0.2) is 54.6 Å². The van der Waals surface area contributed by atoms with Crippen LogP contribution in [0.3, 0.4) is 0 Å². The van der Waals surface area contributed by atoms with Gasteiger partial charge in [-0.1, -0.05) is 68.8 Å². The zero-order valence-electron chi connectivity index (χ0n) is 17.0. The average Bonchev–Trinajstić information content (AvgIpc) is 3.12. The Bertz CT molecular complexity index is 988. The Morgan fingerprint density at radius 1 is 1.10 bits per heavy atom. The van der Waals surface area contributed by atoms with Crippen molar-refractivity contribution >= 4 is 12.0 Å². The third kappa shape index (κ3) is 5.19. The lowest BCUT2D eigenvalue weighted by atomic mass is 9.99. The SMILES string of the molecule is CCC=Cc1nc(CCCC)nn1Cc1ccc(-c2ccccc2C(=O)O)cc1. The van der Waals surface area contributed by atoms with Crippen molar-refractivity contribution in [2.45, 2.75) is 46.1 Å². The number of nitrogens with zero attached hydrogens (tertiary/aromatic N) is 3. The number of aromatic nitrogens is 3. The van der Waals surface area contributed by atoms with E-state index in [4.69, 9.17) is 5.10 Å². The van der Waals surface area contributed by atoms with Crippen LogP contribution in [0, 0.1) is 0 Å². The summed E-state index contributed by atoms with van der Waals surface area (Å²) in [4.78, 5) is 16.2. The second-order valence-corrected chi connectivity index (χ2v) is 7.01. The number of carbonyl (C=O) groups is 1. The van der Waals surface area contributed by atoms with E-state index in [1.807, 2.05) is 47.2 Å². The Kier molecular flexibility index (Phi) is 6.95. The van der Waals surface area contributed by atoms with Gasteiger partial charge >= 0.3 is 5.97 Å². The summed E-state index contributed by atoms with van der Waals surface area (Å²) in [5, 5.41) is 14.1. The maximum absolute atomic E-state index is 11.5. The Morgan fingerprint density at radius 3 is 2.55 bits per heavy atom. The van der Waals surface area contributed by atoms with Crippen LogP contribution in [0.5, 0.6) is 0 Å². The highest BCUT2D eigenvalue weighted by molar-refractivity contribution is 5.95. The van der Waals surface area contributed by atoms with Gasteiger partial charge in [-0.3, -0.25) is 0 Å². The number of aryl methyl sites for hydroxylation is 1. The van der Waals surface area contributed by atoms with Crippen molar-refractivity contribution in [2.75, 3.05) is 0 Å². The molecule has 5 nitrogen and oxygen atoms in total. The first kappa shape index (κ1) is 20.5. The number of carboxylic acids is 1. The van der Waals surface area contributed by atoms with Gasteiger partial charge in [0.2, 0.25) is 0 Å². The van der Waals surface area contributed by atoms with E-state index in [1.165, 1.54) is 0 Å². The van der Waals surface area contributed by atoms with E-state index in [1.54, 1.807) is 12.1 Å². The topological polar surface area (TPSA) is 68.0 Å². The number of aromatic carboxylic acids is 1. The molecule has 3 aromatic rings. The van der Waals surface area contributed by atoms with Crippen LogP contribution >= 0.6 is 0 Å². The molecule has 29 heavy (non-hydrogen) atoms. The van der Waals surface area contributed by atoms with Crippen molar-refractivity contribution in [2.24, 2.45) is 0 Å². The predicted octanol–water partition coefficient (Wildman–Crippen LogP) is 5.46. The molecule has 1 N–H and O–H groups in total. The summed E-state index contributed by atoms with van der Waals surface area (Å²) < 4.78 is 1.94. The molecule has 0 aliphatic rings. The predicted molar refractivity (Wildman–Crippen MR) is 116 cm³/mol. The van der Waals surface area contributed by atoms with Gasteiger partial charge in [0.05, 0.1) is 12.1 Å². The molecule has 1 heterocycles. The Balaban J connectivity index is 1.84. The number of allylic oxidation sites excluding steroid dienone is 1. The number of carboxylic acid groups (broad SMARTS) is 1. The van der Waals surface area contributed by atoms with E-state index in [2.05, 4.69) is 24.9 Å². The maximum Gasteiger partial charge on any atom is 0.336 e. The minimum atomic E-state index is -0.917. The molecular formula is C24H27N3O2. The largest absolute Gasteiger partial charge is 0.478 e. The van der Waals surface area contributed by atoms with Gasteiger partial charge in [0.25, 0.3) is 0 Å². The van der Waals surface area contributed by atoms with Gasteiger partial charge in [-0.25, -0.2) is 14.5 Å². The highest BCUT2D eigenvalue weighted by Crippen LogP contribution is 2.24. The molecule has 0 amide bonds. The minimum Gasteiger partial charge on any atom is -0.478 e. The summed E-state index contributed by atoms with van der Waals surface area (Å²) in [5.74, 6) is 0.840. The van der Waals surface area contributed by atoms with E-state index >= 15 is 0 Å². The molecule has 0 aliphatic heterocycles. The van der Waals surface area contributed by atoms with Crippen molar-refractivity contribution in [3.05, 3.63) is 77.4 Å². The first-order valence-electron chi connectivity index (χ1n) is 10.1. The van der Waals surface area contributed by atoms with Crippen molar-refractivity contribution in [1.29, 1.82) is 0 Å². The Hall–Kier alpha value is -3.21. The standard InChI is InChI=1S/C24H27N3O2/c1-3-5-11-22-25-23(12-6-4-2)27(26-22)17-18-13-15-19(16-14-18)20-9-7-8-10-21(20)24(28)29/h6-10,12-16H,3-5,11,17H2,1-2H3,(H,28,29). The van der Waals surface area contributed by atoms with Crippen molar-refractivity contribution in [1.82, 2.24) is 14.8 Å². The van der Waals surface area contributed by atoms with Gasteiger partial charge in [-0.15, -0.1) is 0 Å². The van der Waals surface area contributed by atoms with Crippen molar-refractivity contribution in [3.63, 3.8) is 0 Å². The number of unbranched alkanes of at least 4 members (excludes halogenated alkanes) is 1. The van der Waals surface area contributed by atoms with E-state index in [0.29, 0.717) is 12.1 Å². The molecule has 0 spiro atoms. The fourth-order valence-corrected chi connectivity index (χ4v) is 3.19. The number of hydrogen-bond acceptors (Lipinski definition) is 3. The lowest BCUT2D eigenvalue weighted by Gasteiger charge is -2.08. The second-order valence-electron chi connectivity index (χ2n) is 7.01. The Labute approximate surface area is 171 Å². The molecule has 1 aromatic heterocycles. The molecule has 5 heteroatoms. The quantitative estimate of drug-likeness (QED) is 0.528. The van der Waals surface area contributed by atoms with Crippen LogP contribution in [0.4, 0.5) is 0 Å². The normalized spacial score (nSPS) is 11.2. The summed E-state index contributed by atoms with van der Waals surface area (Å²) in [6.07, 6.45) is 8.17. The summed E-state index contributed by atoms with van der Waals surface area (Å²) >= 11 is 0. The fourth-order valence-electron chi connectivity index (χ4n) is 3.19. The van der Waals surface area contributed by atoms with Gasteiger partial charge in [0.1, 0.15) is 0 Å². The third-order valence-corrected chi connectivity index (χ3v) is 4.76. The number of hydrogen-bond donors (Lipinski definition) is 1. The van der Waals surface area contributed by atoms with Crippen LogP contribution in [0.2, 0.25) is 0 Å². The second kappa shape index (κ2) is 9.82. The maximum atomic E-state index is 11.5. The molecule has 0 saturated carbocycles. The van der Waals surface area contributed by atoms with Gasteiger partial charge in [-0.2, -0.15) is 5.10 Å². The molecule has 0 bridgehead atoms. The summed E-state index contributed by atoms with van der Waals surface area (Å²) in [7, 11) is 0. The first-order valence-corrected chi connectivity index (χ1v) is 10.1. The third-order valence-electron chi connectivity index (χ3n) is 4.76. The zero-order valence-corrected chi connectivity index (χ0v) is 17.0. The van der Waals surface area contributed by atoms with Crippen molar-refractivity contribution in [3.8, 4) is 11.1 Å². The lowest BCUT2D eigenvalue weighted by molar-refractivity contribution is 0.0697. The van der Waals surface area contributed by atoms with Crippen LogP contribution in [0.1, 0.15) is 60.7 Å². The zero-order chi connectivity index (χ0) is 20.6. The van der Waals surface area contributed by atoms with Crippen molar-refractivity contribution < 1.29 is 9.90 Å². The molecular weight excluding hydrogens is 362 g/mol. The number of benzene rings is 2. The van der Waals surface area contributed by atoms with Crippen LogP contribution in [-0.2, 0) is 13.0 Å². The highest BCUT2D eigenvalue weighted by Gasteiger charge is 2.12. The lowest BCUT2D eigenvalue weighted by Crippen LogP contribution is -2.05. The monoisotopic (exact) mass is 389 g/mol. The Morgan fingerprint density at radius 2 is 1.86 bits per heavy atom. The molecule has 2 aromatic carbocycles. The molecule has 0 saturated heterocycles. The highest BCUT2D eigenvalue weighted by atomic mass is 16.4. The van der Waals surface area contributed by atoms with Gasteiger partial charge in [-0.05, 0) is 41.7 Å². The first-order chi connectivity index (χ1) is 14.1. The average molecular weight is 389 g/mol. The fraction of sp³-hybridized carbons (Fsp3) is 0.292. The van der Waals surface area contributed by atoms with E-state index in [9.17, 15) is 9.90 Å². The summed E-state index contributed by atoms with van der Waals surface area (Å²) in [6.45, 7) is 4.89. The van der Waals surface area contributed by atoms with Crippen LogP contribution < -0.4 is 0 Å². The van der Waals surface area contributed by atoms with E-state index in [-0.39, 0.29) is 0 Å². The number of rotatable bonds is 9. The summed E-state index contributed by atoms with van der Waals surface area (Å²) in [6, 6.07) is 15.0. The summed E-state index contributed by atoms with van der Waals surface area (Å²) in [5.41, 5.74) is 3.02. The molecule has 0 fully saturated rings. The molecule has 0 atom stereocenters. The molecule has 3 rings (SSSR count). The van der Waals surface area contributed by atoms with E-state index < -0.39 is 5.97 Å². The molecule has 150 valence electrons. The van der Waals surface area contributed by atoms with Gasteiger partial charge < -0.3 is 5.11 Å². The molecule has 0 unspecified atom stereocenters. The molecule has 0 radical (unpaired) electrons. The van der Waals surface area contributed by atoms with Crippen LogP contribution in [0.25, 0.3) is 17.2 Å². The van der Waals surface area contributed by atoms with Crippen LogP contribution in [-0.4, -0.2) is 25.8 Å². The molecule has 0 aliphatic carbocycles. The van der Waals surface area contributed by atoms with Gasteiger partial charge in [0.15, 0.2) is 11.6 Å². The van der Waals surface area contributed by atoms with Gasteiger partial charge in [0, 0.05) is 6.42 Å². The van der Waals surface area contributed by atoms with E-state index in [0.717, 1.165) is 54.0 Å². The minimum absolute atomic E-state index is 0.309. The smallest absolute Gasteiger partial charge is 0.336 e.